The SMILES string of the molecule is CC(C)(C)c1ccc2c(c1)[CH]c1cc(C(C)(C)C)ccc1-2.[CH3][Hf][CH3]. The third kappa shape index (κ3) is 4.28. The molecule has 0 saturated heterocycles. The van der Waals surface area contributed by atoms with Crippen molar-refractivity contribution in [2.75, 3.05) is 0 Å². The van der Waals surface area contributed by atoms with Crippen LogP contribution in [-0.2, 0) is 33.7 Å². The van der Waals surface area contributed by atoms with Gasteiger partial charge in [-0.05, 0) is 44.2 Å². The first-order valence-corrected chi connectivity index (χ1v) is 16.0. The number of benzene rings is 2. The van der Waals surface area contributed by atoms with Crippen LogP contribution in [0.15, 0.2) is 36.4 Å². The van der Waals surface area contributed by atoms with E-state index in [1.807, 2.05) is 0 Å². The zero-order chi connectivity index (χ0) is 18.1. The van der Waals surface area contributed by atoms with E-state index in [4.69, 9.17) is 0 Å². The van der Waals surface area contributed by atoms with Gasteiger partial charge in [0.25, 0.3) is 0 Å². The summed E-state index contributed by atoms with van der Waals surface area (Å²) in [5, 5.41) is 0. The number of hydrogen-bond donors (Lipinski definition) is 0. The first-order valence-electron chi connectivity index (χ1n) is 8.80. The maximum atomic E-state index is 2.35. The molecule has 1 radical (unpaired) electrons. The van der Waals surface area contributed by atoms with Gasteiger partial charge >= 0.3 is 32.3 Å². The van der Waals surface area contributed by atoms with Crippen molar-refractivity contribution >= 4 is 0 Å². The van der Waals surface area contributed by atoms with Crippen molar-refractivity contribution in [3.63, 3.8) is 0 Å². The van der Waals surface area contributed by atoms with Crippen LogP contribution in [0.5, 0.6) is 0 Å². The molecule has 0 saturated carbocycles. The zero-order valence-electron chi connectivity index (χ0n) is 16.5. The molecule has 24 heavy (non-hydrogen) atoms. The van der Waals surface area contributed by atoms with Crippen LogP contribution < -0.4 is 0 Å². The summed E-state index contributed by atoms with van der Waals surface area (Å²) in [6.07, 6.45) is 2.34. The van der Waals surface area contributed by atoms with Crippen LogP contribution in [0.2, 0.25) is 9.36 Å². The molecule has 0 fully saturated rings. The molecule has 0 heterocycles. The van der Waals surface area contributed by atoms with Gasteiger partial charge in [-0.3, -0.25) is 0 Å². The summed E-state index contributed by atoms with van der Waals surface area (Å²) < 4.78 is 4.64. The van der Waals surface area contributed by atoms with Gasteiger partial charge < -0.3 is 0 Å². The van der Waals surface area contributed by atoms with Crippen molar-refractivity contribution in [2.24, 2.45) is 0 Å². The Kier molecular flexibility index (Phi) is 5.95. The van der Waals surface area contributed by atoms with Crippen molar-refractivity contribution in [1.82, 2.24) is 0 Å². The Balaban J connectivity index is 0.000000647. The van der Waals surface area contributed by atoms with Gasteiger partial charge in [0.1, 0.15) is 0 Å². The second kappa shape index (κ2) is 7.28. The summed E-state index contributed by atoms with van der Waals surface area (Å²) in [7, 11) is 0. The number of fused-ring (bicyclic) bond motifs is 3. The van der Waals surface area contributed by atoms with Crippen molar-refractivity contribution in [1.29, 1.82) is 0 Å². The van der Waals surface area contributed by atoms with E-state index >= 15 is 0 Å². The Bertz CT molecular complexity index is 650. The second-order valence-corrected chi connectivity index (χ2v) is 12.3. The number of hydrogen-bond acceptors (Lipinski definition) is 0. The van der Waals surface area contributed by atoms with Crippen LogP contribution in [0.25, 0.3) is 11.1 Å². The quantitative estimate of drug-likeness (QED) is 0.300. The first kappa shape index (κ1) is 19.6. The molecular weight excluding hydrogens is 455 g/mol. The first-order chi connectivity index (χ1) is 11.1. The van der Waals surface area contributed by atoms with Crippen LogP contribution in [0.4, 0.5) is 0 Å². The van der Waals surface area contributed by atoms with Gasteiger partial charge in [0.15, 0.2) is 0 Å². The van der Waals surface area contributed by atoms with Gasteiger partial charge in [-0.1, -0.05) is 77.9 Å². The van der Waals surface area contributed by atoms with Gasteiger partial charge in [-0.2, -0.15) is 0 Å². The molecule has 127 valence electrons. The molecule has 0 N–H and O–H groups in total. The summed E-state index contributed by atoms with van der Waals surface area (Å²) in [6, 6.07) is 13.8. The Labute approximate surface area is 160 Å². The minimum absolute atomic E-state index is 0.0833. The molecule has 0 unspecified atom stereocenters. The molecule has 0 spiro atoms. The summed E-state index contributed by atoms with van der Waals surface area (Å²) in [5.74, 6) is 0. The fraction of sp³-hybridized carbons (Fsp3) is 0.435. The van der Waals surface area contributed by atoms with E-state index in [1.54, 1.807) is 0 Å². The van der Waals surface area contributed by atoms with E-state index in [1.165, 1.54) is 33.4 Å². The van der Waals surface area contributed by atoms with E-state index in [0.29, 0.717) is 0 Å². The monoisotopic (exact) mass is 487 g/mol. The molecule has 0 aromatic heterocycles. The molecule has 2 aromatic rings. The van der Waals surface area contributed by atoms with Crippen molar-refractivity contribution in [3.05, 3.63) is 65.1 Å². The van der Waals surface area contributed by atoms with Crippen LogP contribution in [0.3, 0.4) is 0 Å². The van der Waals surface area contributed by atoms with E-state index < -0.39 is 0 Å². The third-order valence-electron chi connectivity index (χ3n) is 4.44. The van der Waals surface area contributed by atoms with Gasteiger partial charge in [0, 0.05) is 6.42 Å². The van der Waals surface area contributed by atoms with Crippen LogP contribution in [0.1, 0.15) is 63.8 Å². The summed E-state index contributed by atoms with van der Waals surface area (Å²) in [4.78, 5) is 0. The fourth-order valence-electron chi connectivity index (χ4n) is 2.96. The maximum absolute atomic E-state index is 2.35. The molecule has 2 aromatic carbocycles. The average molecular weight is 486 g/mol. The summed E-state index contributed by atoms with van der Waals surface area (Å²) >= 11 is 0.0833. The standard InChI is InChI=1S/C21H25.2CH3.Hf/c1-20(2,3)16-7-9-18-14(12-16)11-15-13-17(21(4,5)6)8-10-19(15)18;;;/h7-13H,1-6H3;2*1H3;. The van der Waals surface area contributed by atoms with Gasteiger partial charge in [0.05, 0.1) is 0 Å². The molecule has 0 nitrogen and oxygen atoms in total. The van der Waals surface area contributed by atoms with Crippen molar-refractivity contribution < 1.29 is 22.9 Å². The van der Waals surface area contributed by atoms with E-state index in [0.717, 1.165) is 0 Å². The normalized spacial score (nSPS) is 12.8. The van der Waals surface area contributed by atoms with Crippen LogP contribution >= 0.6 is 0 Å². The topological polar surface area (TPSA) is 0 Å². The van der Waals surface area contributed by atoms with Crippen LogP contribution in [-0.4, -0.2) is 0 Å². The van der Waals surface area contributed by atoms with E-state index in [2.05, 4.69) is 93.7 Å². The molecule has 1 aliphatic rings. The van der Waals surface area contributed by atoms with Gasteiger partial charge in [-0.15, -0.1) is 0 Å². The van der Waals surface area contributed by atoms with Gasteiger partial charge in [0.2, 0.25) is 0 Å². The predicted octanol–water partition coefficient (Wildman–Crippen LogP) is 7.03. The molecule has 0 atom stereocenters. The molecule has 1 aliphatic carbocycles. The summed E-state index contributed by atoms with van der Waals surface area (Å²) in [5.41, 5.74) is 8.69. The average Bonchev–Trinajstić information content (AvgIpc) is 2.82. The molecule has 0 aliphatic heterocycles. The Morgan fingerprint density at radius 1 is 0.625 bits per heavy atom. The molecule has 0 amide bonds. The zero-order valence-corrected chi connectivity index (χ0v) is 20.1. The minimum atomic E-state index is 0.0833. The van der Waals surface area contributed by atoms with Crippen molar-refractivity contribution in [2.45, 2.75) is 61.7 Å². The Hall–Kier alpha value is -0.690. The Morgan fingerprint density at radius 3 is 1.25 bits per heavy atom. The fourth-order valence-corrected chi connectivity index (χ4v) is 2.96. The van der Waals surface area contributed by atoms with E-state index in [9.17, 15) is 0 Å². The molecule has 1 heteroatoms. The third-order valence-corrected chi connectivity index (χ3v) is 4.44. The van der Waals surface area contributed by atoms with E-state index in [-0.39, 0.29) is 33.7 Å². The van der Waals surface area contributed by atoms with Crippen molar-refractivity contribution in [3.8, 4) is 11.1 Å². The molecular formula is C23H31Hf. The van der Waals surface area contributed by atoms with Gasteiger partial charge in [-0.25, -0.2) is 0 Å². The second-order valence-electron chi connectivity index (χ2n) is 8.75. The summed E-state index contributed by atoms with van der Waals surface area (Å²) in [6.45, 7) is 13.6. The molecule has 3 rings (SSSR count). The molecule has 0 bridgehead atoms. The number of rotatable bonds is 0. The van der Waals surface area contributed by atoms with Crippen LogP contribution in [0, 0.1) is 6.42 Å². The Morgan fingerprint density at radius 2 is 0.958 bits per heavy atom. The predicted molar refractivity (Wildman–Crippen MR) is 104 cm³/mol.